The van der Waals surface area contributed by atoms with Gasteiger partial charge in [-0.15, -0.1) is 0 Å². The highest BCUT2D eigenvalue weighted by Crippen LogP contribution is 2.46. The molecule has 1 fully saturated rings. The van der Waals surface area contributed by atoms with E-state index >= 15 is 0 Å². The number of alkyl halides is 3. The van der Waals surface area contributed by atoms with Crippen molar-refractivity contribution in [1.82, 2.24) is 4.90 Å². The van der Waals surface area contributed by atoms with Gasteiger partial charge in [0.15, 0.2) is 5.41 Å². The van der Waals surface area contributed by atoms with Crippen LogP contribution in [0.4, 0.5) is 23.7 Å². The Balaban J connectivity index is 2.23. The average molecular weight is 330 g/mol. The van der Waals surface area contributed by atoms with Gasteiger partial charge >= 0.3 is 18.2 Å². The number of carboxylic acids is 1. The van der Waals surface area contributed by atoms with Crippen LogP contribution in [-0.2, 0) is 4.79 Å². The minimum atomic E-state index is -4.91. The second kappa shape index (κ2) is 6.10. The van der Waals surface area contributed by atoms with Crippen LogP contribution in [0.2, 0.25) is 0 Å². The monoisotopic (exact) mass is 330 g/mol. The van der Waals surface area contributed by atoms with Gasteiger partial charge in [-0.2, -0.15) is 13.2 Å². The van der Waals surface area contributed by atoms with Crippen molar-refractivity contribution in [3.8, 4) is 0 Å². The third-order valence-electron chi connectivity index (χ3n) is 4.11. The molecular weight excluding hydrogens is 313 g/mol. The van der Waals surface area contributed by atoms with E-state index in [1.54, 1.807) is 37.3 Å². The first-order chi connectivity index (χ1) is 10.7. The number of anilines is 1. The highest BCUT2D eigenvalue weighted by atomic mass is 19.4. The predicted molar refractivity (Wildman–Crippen MR) is 77.2 cm³/mol. The van der Waals surface area contributed by atoms with Crippen molar-refractivity contribution < 1.29 is 27.9 Å². The smallest absolute Gasteiger partial charge is 0.406 e. The molecule has 1 aromatic carbocycles. The number of carboxylic acid groups (broad SMARTS) is 1. The van der Waals surface area contributed by atoms with Gasteiger partial charge in [0.2, 0.25) is 0 Å². The lowest BCUT2D eigenvalue weighted by atomic mass is 9.86. The third kappa shape index (κ3) is 2.97. The number of hydrogen-bond donors (Lipinski definition) is 1. The summed E-state index contributed by atoms with van der Waals surface area (Å²) < 4.78 is 39.5. The van der Waals surface area contributed by atoms with Gasteiger partial charge in [0.1, 0.15) is 0 Å². The van der Waals surface area contributed by atoms with Crippen molar-refractivity contribution >= 4 is 17.7 Å². The Bertz CT molecular complexity index is 591. The number of carbonyl (C=O) groups is 2. The topological polar surface area (TPSA) is 60.9 Å². The lowest BCUT2D eigenvalue weighted by Gasteiger charge is -2.30. The van der Waals surface area contributed by atoms with E-state index in [0.717, 1.165) is 4.90 Å². The zero-order valence-electron chi connectivity index (χ0n) is 12.5. The fourth-order valence-corrected chi connectivity index (χ4v) is 2.71. The fraction of sp³-hybridized carbons (Fsp3) is 0.467. The van der Waals surface area contributed by atoms with E-state index in [9.17, 15) is 22.8 Å². The Morgan fingerprint density at radius 1 is 1.30 bits per heavy atom. The zero-order valence-corrected chi connectivity index (χ0v) is 12.5. The molecule has 0 radical (unpaired) electrons. The van der Waals surface area contributed by atoms with Crippen LogP contribution >= 0.6 is 0 Å². The summed E-state index contributed by atoms with van der Waals surface area (Å²) in [4.78, 5) is 26.0. The van der Waals surface area contributed by atoms with Crippen LogP contribution < -0.4 is 4.90 Å². The number of rotatable bonds is 3. The first kappa shape index (κ1) is 17.1. The molecule has 1 aliphatic heterocycles. The molecule has 0 spiro atoms. The zero-order chi connectivity index (χ0) is 17.3. The number of urea groups is 1. The summed E-state index contributed by atoms with van der Waals surface area (Å²) in [5.74, 6) is -1.94. The van der Waals surface area contributed by atoms with Crippen molar-refractivity contribution in [3.05, 3.63) is 30.3 Å². The first-order valence-corrected chi connectivity index (χ1v) is 7.14. The van der Waals surface area contributed by atoms with Gasteiger partial charge in [0.25, 0.3) is 0 Å². The van der Waals surface area contributed by atoms with Crippen LogP contribution in [0.3, 0.4) is 0 Å². The van der Waals surface area contributed by atoms with Gasteiger partial charge in [0, 0.05) is 25.3 Å². The van der Waals surface area contributed by atoms with E-state index in [4.69, 9.17) is 5.11 Å². The molecule has 1 heterocycles. The molecule has 1 unspecified atom stereocenters. The Hall–Kier alpha value is -2.25. The maximum absolute atomic E-state index is 13.2. The van der Waals surface area contributed by atoms with Crippen LogP contribution in [-0.4, -0.2) is 47.8 Å². The van der Waals surface area contributed by atoms with E-state index < -0.39 is 36.6 Å². The van der Waals surface area contributed by atoms with Crippen LogP contribution in [0.25, 0.3) is 0 Å². The molecule has 1 saturated heterocycles. The van der Waals surface area contributed by atoms with E-state index in [2.05, 4.69) is 0 Å². The number of halogens is 3. The second-order valence-electron chi connectivity index (χ2n) is 5.42. The van der Waals surface area contributed by atoms with E-state index in [1.807, 2.05) is 0 Å². The minimum absolute atomic E-state index is 0.242. The number of nitrogens with zero attached hydrogens (tertiary/aromatic N) is 2. The van der Waals surface area contributed by atoms with Gasteiger partial charge in [-0.05, 0) is 25.5 Å². The SMILES string of the molecule is CCN(C(=O)N1CCC(C(=O)O)(C(F)(F)F)C1)c1ccccc1. The molecule has 5 nitrogen and oxygen atoms in total. The van der Waals surface area contributed by atoms with Crippen molar-refractivity contribution in [3.63, 3.8) is 0 Å². The Kier molecular flexibility index (Phi) is 4.53. The number of carbonyl (C=O) groups excluding carboxylic acids is 1. The molecule has 23 heavy (non-hydrogen) atoms. The molecular formula is C15H17F3N2O3. The summed E-state index contributed by atoms with van der Waals surface area (Å²) in [6, 6.07) is 7.92. The summed E-state index contributed by atoms with van der Waals surface area (Å²) in [6.45, 7) is 0.864. The van der Waals surface area contributed by atoms with E-state index in [1.165, 1.54) is 4.90 Å². The quantitative estimate of drug-likeness (QED) is 0.927. The number of likely N-dealkylation sites (tertiary alicyclic amines) is 1. The second-order valence-corrected chi connectivity index (χ2v) is 5.42. The summed E-state index contributed by atoms with van der Waals surface area (Å²) in [7, 11) is 0. The molecule has 2 amide bonds. The van der Waals surface area contributed by atoms with E-state index in [0.29, 0.717) is 5.69 Å². The highest BCUT2D eigenvalue weighted by Gasteiger charge is 2.64. The van der Waals surface area contributed by atoms with Gasteiger partial charge < -0.3 is 10.0 Å². The number of aliphatic carboxylic acids is 1. The average Bonchev–Trinajstić information content (AvgIpc) is 2.95. The van der Waals surface area contributed by atoms with Crippen molar-refractivity contribution in [2.45, 2.75) is 19.5 Å². The Morgan fingerprint density at radius 3 is 2.35 bits per heavy atom. The lowest BCUT2D eigenvalue weighted by Crippen LogP contribution is -2.49. The Morgan fingerprint density at radius 2 is 1.91 bits per heavy atom. The lowest BCUT2D eigenvalue weighted by molar-refractivity contribution is -0.226. The molecule has 8 heteroatoms. The maximum atomic E-state index is 13.2. The minimum Gasteiger partial charge on any atom is -0.481 e. The number of benzene rings is 1. The summed E-state index contributed by atoms with van der Waals surface area (Å²) in [6.07, 6.45) is -5.54. The number of hydrogen-bond acceptors (Lipinski definition) is 2. The van der Waals surface area contributed by atoms with Crippen molar-refractivity contribution in [2.24, 2.45) is 5.41 Å². The predicted octanol–water partition coefficient (Wildman–Crippen LogP) is 2.97. The van der Waals surface area contributed by atoms with Crippen LogP contribution in [0, 0.1) is 5.41 Å². The van der Waals surface area contributed by atoms with Crippen molar-refractivity contribution in [2.75, 3.05) is 24.5 Å². The molecule has 0 saturated carbocycles. The first-order valence-electron chi connectivity index (χ1n) is 7.14. The molecule has 1 aliphatic rings. The molecule has 0 aromatic heterocycles. The number of amides is 2. The normalized spacial score (nSPS) is 21.3. The molecule has 2 rings (SSSR count). The van der Waals surface area contributed by atoms with Gasteiger partial charge in [-0.3, -0.25) is 9.69 Å². The molecule has 0 aliphatic carbocycles. The molecule has 1 N–H and O–H groups in total. The van der Waals surface area contributed by atoms with Crippen LogP contribution in [0.5, 0.6) is 0 Å². The standard InChI is InChI=1S/C15H17F3N2O3/c1-2-20(11-6-4-3-5-7-11)13(23)19-9-8-14(10-19,12(21)22)15(16,17)18/h3-7H,2,8-10H2,1H3,(H,21,22). The maximum Gasteiger partial charge on any atom is 0.406 e. The van der Waals surface area contributed by atoms with E-state index in [-0.39, 0.29) is 13.1 Å². The summed E-state index contributed by atoms with van der Waals surface area (Å²) >= 11 is 0. The Labute approximate surface area is 131 Å². The van der Waals surface area contributed by atoms with Crippen LogP contribution in [0.15, 0.2) is 30.3 Å². The fourth-order valence-electron chi connectivity index (χ4n) is 2.71. The molecule has 0 bridgehead atoms. The van der Waals surface area contributed by atoms with Crippen molar-refractivity contribution in [1.29, 1.82) is 0 Å². The summed E-state index contributed by atoms with van der Waals surface area (Å²) in [5.41, 5.74) is -2.33. The van der Waals surface area contributed by atoms with Gasteiger partial charge in [0.05, 0.1) is 0 Å². The van der Waals surface area contributed by atoms with Gasteiger partial charge in [-0.25, -0.2) is 4.79 Å². The third-order valence-corrected chi connectivity index (χ3v) is 4.11. The molecule has 1 aromatic rings. The molecule has 126 valence electrons. The highest BCUT2D eigenvalue weighted by molar-refractivity contribution is 5.93. The largest absolute Gasteiger partial charge is 0.481 e. The van der Waals surface area contributed by atoms with Gasteiger partial charge in [-0.1, -0.05) is 18.2 Å². The summed E-state index contributed by atoms with van der Waals surface area (Å²) in [5, 5.41) is 9.04. The van der Waals surface area contributed by atoms with Crippen LogP contribution in [0.1, 0.15) is 13.3 Å². The molecule has 1 atom stereocenters. The number of para-hydroxylation sites is 1.